The number of nitrogens with one attached hydrogen (secondary N) is 2. The van der Waals surface area contributed by atoms with E-state index in [1.54, 1.807) is 0 Å². The first-order valence-corrected chi connectivity index (χ1v) is 7.10. The minimum atomic E-state index is -0.551. The van der Waals surface area contributed by atoms with E-state index in [0.29, 0.717) is 5.69 Å². The van der Waals surface area contributed by atoms with E-state index in [0.717, 1.165) is 17.7 Å². The number of carbonyl (C=O) groups excluding carboxylic acids is 1. The molecule has 2 amide bonds. The first kappa shape index (κ1) is 14.9. The summed E-state index contributed by atoms with van der Waals surface area (Å²) in [6.07, 6.45) is 1.05. The first-order chi connectivity index (χ1) is 10.1. The van der Waals surface area contributed by atoms with Gasteiger partial charge < -0.3 is 16.4 Å². The highest BCUT2D eigenvalue weighted by Crippen LogP contribution is 2.21. The largest absolute Gasteiger partial charge is 0.379 e. The zero-order valence-corrected chi connectivity index (χ0v) is 12.4. The van der Waals surface area contributed by atoms with Gasteiger partial charge in [-0.2, -0.15) is 0 Å². The van der Waals surface area contributed by atoms with Gasteiger partial charge in [0.25, 0.3) is 0 Å². The van der Waals surface area contributed by atoms with E-state index in [1.165, 1.54) is 5.56 Å². The number of amides is 2. The number of urea groups is 1. The predicted molar refractivity (Wildman–Crippen MR) is 87.5 cm³/mol. The molecule has 4 heteroatoms. The Balaban J connectivity index is 2.01. The summed E-state index contributed by atoms with van der Waals surface area (Å²) < 4.78 is 0. The van der Waals surface area contributed by atoms with Gasteiger partial charge >= 0.3 is 6.03 Å². The number of benzene rings is 2. The maximum atomic E-state index is 10.8. The topological polar surface area (TPSA) is 67.2 Å². The number of rotatable bonds is 5. The summed E-state index contributed by atoms with van der Waals surface area (Å²) in [7, 11) is 0. The normalized spacial score (nSPS) is 11.7. The van der Waals surface area contributed by atoms with Gasteiger partial charge in [0.1, 0.15) is 0 Å². The summed E-state index contributed by atoms with van der Waals surface area (Å²) in [6.45, 7) is 4.25. The van der Waals surface area contributed by atoms with E-state index >= 15 is 0 Å². The fraction of sp³-hybridized carbons (Fsp3) is 0.235. The van der Waals surface area contributed by atoms with Gasteiger partial charge in [0.2, 0.25) is 0 Å². The quantitative estimate of drug-likeness (QED) is 0.778. The molecule has 4 N–H and O–H groups in total. The molecule has 0 aliphatic rings. The van der Waals surface area contributed by atoms with Crippen LogP contribution in [-0.2, 0) is 6.42 Å². The van der Waals surface area contributed by atoms with Crippen molar-refractivity contribution < 1.29 is 4.79 Å². The highest BCUT2D eigenvalue weighted by atomic mass is 16.2. The van der Waals surface area contributed by atoms with Gasteiger partial charge in [-0.3, -0.25) is 0 Å². The lowest BCUT2D eigenvalue weighted by Crippen LogP contribution is -2.19. The van der Waals surface area contributed by atoms with Crippen LogP contribution in [-0.4, -0.2) is 6.03 Å². The van der Waals surface area contributed by atoms with Gasteiger partial charge in [-0.15, -0.1) is 0 Å². The first-order valence-electron chi connectivity index (χ1n) is 7.10. The van der Waals surface area contributed by atoms with Gasteiger partial charge in [-0.1, -0.05) is 31.2 Å². The molecule has 21 heavy (non-hydrogen) atoms. The van der Waals surface area contributed by atoms with E-state index in [9.17, 15) is 4.79 Å². The van der Waals surface area contributed by atoms with Crippen molar-refractivity contribution in [2.45, 2.75) is 26.3 Å². The standard InChI is InChI=1S/C17H21N3O/c1-3-13-4-8-15(9-5-13)19-12(2)14-6-10-16(11-7-14)20-17(18)21/h4-12,19H,3H2,1-2H3,(H3,18,20,21). The van der Waals surface area contributed by atoms with Crippen molar-refractivity contribution in [3.05, 3.63) is 59.7 Å². The summed E-state index contributed by atoms with van der Waals surface area (Å²) in [5.74, 6) is 0. The maximum absolute atomic E-state index is 10.8. The van der Waals surface area contributed by atoms with Gasteiger partial charge in [0.05, 0.1) is 0 Å². The Morgan fingerprint density at radius 2 is 1.62 bits per heavy atom. The van der Waals surface area contributed by atoms with Crippen LogP contribution in [0.15, 0.2) is 48.5 Å². The van der Waals surface area contributed by atoms with Gasteiger partial charge in [-0.05, 0) is 48.7 Å². The molecule has 0 aliphatic carbocycles. The number of nitrogens with two attached hydrogens (primary N) is 1. The minimum absolute atomic E-state index is 0.181. The summed E-state index contributed by atoms with van der Waals surface area (Å²) >= 11 is 0. The third-order valence-corrected chi connectivity index (χ3v) is 3.42. The smallest absolute Gasteiger partial charge is 0.316 e. The molecular weight excluding hydrogens is 262 g/mol. The van der Waals surface area contributed by atoms with Gasteiger partial charge in [0, 0.05) is 17.4 Å². The average Bonchev–Trinajstić information content (AvgIpc) is 2.48. The van der Waals surface area contributed by atoms with Crippen LogP contribution in [0, 0.1) is 0 Å². The molecule has 4 nitrogen and oxygen atoms in total. The highest BCUT2D eigenvalue weighted by Gasteiger charge is 2.05. The Kier molecular flexibility index (Phi) is 4.82. The summed E-state index contributed by atoms with van der Waals surface area (Å²) in [4.78, 5) is 10.8. The monoisotopic (exact) mass is 283 g/mol. The average molecular weight is 283 g/mol. The van der Waals surface area contributed by atoms with Gasteiger partial charge in [-0.25, -0.2) is 4.79 Å². The second-order valence-corrected chi connectivity index (χ2v) is 5.03. The molecule has 0 radical (unpaired) electrons. The Hall–Kier alpha value is -2.49. The van der Waals surface area contributed by atoms with Crippen LogP contribution in [0.25, 0.3) is 0 Å². The number of anilines is 2. The number of hydrogen-bond donors (Lipinski definition) is 3. The van der Waals surface area contributed by atoms with Gasteiger partial charge in [0.15, 0.2) is 0 Å². The van der Waals surface area contributed by atoms with Crippen LogP contribution >= 0.6 is 0 Å². The molecule has 110 valence electrons. The van der Waals surface area contributed by atoms with E-state index in [-0.39, 0.29) is 6.04 Å². The Bertz CT molecular complexity index is 590. The molecule has 0 saturated heterocycles. The third kappa shape index (κ3) is 4.24. The fourth-order valence-corrected chi connectivity index (χ4v) is 2.17. The van der Waals surface area contributed by atoms with Crippen molar-refractivity contribution in [2.24, 2.45) is 5.73 Å². The van der Waals surface area contributed by atoms with Crippen molar-refractivity contribution in [2.75, 3.05) is 10.6 Å². The van der Waals surface area contributed by atoms with Crippen LogP contribution in [0.1, 0.15) is 31.0 Å². The number of aryl methyl sites for hydroxylation is 1. The van der Waals surface area contributed by atoms with Crippen LogP contribution in [0.3, 0.4) is 0 Å². The molecule has 0 aliphatic heterocycles. The summed E-state index contributed by atoms with van der Waals surface area (Å²) in [5.41, 5.74) is 9.35. The van der Waals surface area contributed by atoms with Crippen molar-refractivity contribution in [1.82, 2.24) is 0 Å². The molecule has 2 aromatic rings. The molecule has 0 heterocycles. The third-order valence-electron chi connectivity index (χ3n) is 3.42. The van der Waals surface area contributed by atoms with Crippen LogP contribution < -0.4 is 16.4 Å². The minimum Gasteiger partial charge on any atom is -0.379 e. The van der Waals surface area contributed by atoms with Crippen LogP contribution in [0.5, 0.6) is 0 Å². The zero-order chi connectivity index (χ0) is 15.2. The van der Waals surface area contributed by atoms with Crippen molar-refractivity contribution >= 4 is 17.4 Å². The second kappa shape index (κ2) is 6.79. The predicted octanol–water partition coefficient (Wildman–Crippen LogP) is 3.91. The van der Waals surface area contributed by atoms with E-state index < -0.39 is 6.03 Å². The molecule has 0 aromatic heterocycles. The SMILES string of the molecule is CCc1ccc(NC(C)c2ccc(NC(N)=O)cc2)cc1. The molecule has 2 aromatic carbocycles. The lowest BCUT2D eigenvalue weighted by Gasteiger charge is -2.16. The lowest BCUT2D eigenvalue weighted by molar-refractivity contribution is 0.259. The Morgan fingerprint density at radius 3 is 2.14 bits per heavy atom. The van der Waals surface area contributed by atoms with Crippen molar-refractivity contribution in [1.29, 1.82) is 0 Å². The summed E-state index contributed by atoms with van der Waals surface area (Å²) in [6, 6.07) is 15.7. The van der Waals surface area contributed by atoms with Crippen molar-refractivity contribution in [3.8, 4) is 0 Å². The van der Waals surface area contributed by atoms with E-state index in [2.05, 4.69) is 48.7 Å². The molecule has 0 saturated carbocycles. The molecular formula is C17H21N3O. The number of hydrogen-bond acceptors (Lipinski definition) is 2. The molecule has 0 bridgehead atoms. The molecule has 1 unspecified atom stereocenters. The zero-order valence-electron chi connectivity index (χ0n) is 12.4. The molecule has 0 spiro atoms. The maximum Gasteiger partial charge on any atom is 0.316 e. The number of carbonyl (C=O) groups is 1. The van der Waals surface area contributed by atoms with E-state index in [1.807, 2.05) is 24.3 Å². The molecule has 1 atom stereocenters. The highest BCUT2D eigenvalue weighted by molar-refractivity contribution is 5.87. The summed E-state index contributed by atoms with van der Waals surface area (Å²) in [5, 5.41) is 6.01. The van der Waals surface area contributed by atoms with E-state index in [4.69, 9.17) is 5.73 Å². The Labute approximate surface area is 125 Å². The lowest BCUT2D eigenvalue weighted by atomic mass is 10.1. The van der Waals surface area contributed by atoms with Crippen molar-refractivity contribution in [3.63, 3.8) is 0 Å². The number of primary amides is 1. The Morgan fingerprint density at radius 1 is 1.05 bits per heavy atom. The second-order valence-electron chi connectivity index (χ2n) is 5.03. The van der Waals surface area contributed by atoms with Crippen LogP contribution in [0.4, 0.5) is 16.2 Å². The molecule has 0 fully saturated rings. The fourth-order valence-electron chi connectivity index (χ4n) is 2.17. The molecule has 2 rings (SSSR count). The van der Waals surface area contributed by atoms with Crippen LogP contribution in [0.2, 0.25) is 0 Å².